The lowest BCUT2D eigenvalue weighted by molar-refractivity contribution is 0.0602. The molecule has 0 atom stereocenters. The van der Waals surface area contributed by atoms with E-state index in [9.17, 15) is 9.59 Å². The number of nitrogens with one attached hydrogen (secondary N) is 2. The normalized spacial score (nSPS) is 10.9. The number of fused-ring (bicyclic) bond motifs is 1. The number of ether oxygens (including phenoxy) is 1. The molecule has 0 spiro atoms. The second-order valence-corrected chi connectivity index (χ2v) is 4.88. The van der Waals surface area contributed by atoms with Gasteiger partial charge in [-0.15, -0.1) is 0 Å². The van der Waals surface area contributed by atoms with Crippen LogP contribution in [-0.4, -0.2) is 29.3 Å². The highest BCUT2D eigenvalue weighted by Gasteiger charge is 2.10. The van der Waals surface area contributed by atoms with Crippen LogP contribution >= 0.6 is 0 Å². The van der Waals surface area contributed by atoms with Crippen molar-refractivity contribution in [3.05, 3.63) is 70.1 Å². The molecule has 0 bridgehead atoms. The third-order valence-corrected chi connectivity index (χ3v) is 3.33. The highest BCUT2D eigenvalue weighted by Crippen LogP contribution is 2.15. The molecule has 7 nitrogen and oxygen atoms in total. The lowest BCUT2D eigenvalue weighted by atomic mass is 10.2. The number of esters is 1. The van der Waals surface area contributed by atoms with Gasteiger partial charge in [0.1, 0.15) is 5.69 Å². The smallest absolute Gasteiger partial charge is 0.340 e. The Bertz CT molecular complexity index is 979. The maximum atomic E-state index is 12.0. The third kappa shape index (κ3) is 3.14. The fourth-order valence-corrected chi connectivity index (χ4v) is 2.16. The van der Waals surface area contributed by atoms with E-state index < -0.39 is 5.97 Å². The summed E-state index contributed by atoms with van der Waals surface area (Å²) in [5, 5.41) is 3.99. The summed E-state index contributed by atoms with van der Waals surface area (Å²) >= 11 is 0. The van der Waals surface area contributed by atoms with Crippen LogP contribution in [0.1, 0.15) is 16.1 Å². The van der Waals surface area contributed by atoms with Gasteiger partial charge >= 0.3 is 5.97 Å². The predicted octanol–water partition coefficient (Wildman–Crippen LogP) is 2.16. The number of benzene rings is 2. The first-order valence-corrected chi connectivity index (χ1v) is 7.14. The number of rotatable bonds is 4. The van der Waals surface area contributed by atoms with Crippen molar-refractivity contribution in [3.8, 4) is 0 Å². The van der Waals surface area contributed by atoms with Crippen LogP contribution in [0.25, 0.3) is 11.0 Å². The lowest BCUT2D eigenvalue weighted by Crippen LogP contribution is -2.15. The Balaban J connectivity index is 1.86. The molecule has 0 unspecified atom stereocenters. The minimum atomic E-state index is -0.477. The monoisotopic (exact) mass is 322 g/mol. The van der Waals surface area contributed by atoms with Crippen LogP contribution in [-0.2, 0) is 4.74 Å². The van der Waals surface area contributed by atoms with Gasteiger partial charge in [0, 0.05) is 0 Å². The van der Waals surface area contributed by atoms with Crippen molar-refractivity contribution in [2.24, 2.45) is 5.10 Å². The molecule has 24 heavy (non-hydrogen) atoms. The minimum Gasteiger partial charge on any atom is -0.465 e. The van der Waals surface area contributed by atoms with Crippen LogP contribution in [0.4, 0.5) is 5.69 Å². The summed E-state index contributed by atoms with van der Waals surface area (Å²) in [6.45, 7) is 0. The van der Waals surface area contributed by atoms with Gasteiger partial charge in [0.2, 0.25) is 0 Å². The molecule has 0 radical (unpaired) electrons. The van der Waals surface area contributed by atoms with Crippen molar-refractivity contribution in [2.75, 3.05) is 12.5 Å². The van der Waals surface area contributed by atoms with Gasteiger partial charge in [0.05, 0.1) is 35.6 Å². The van der Waals surface area contributed by atoms with Gasteiger partial charge in [0.25, 0.3) is 5.56 Å². The molecule has 2 aromatic carbocycles. The molecule has 120 valence electrons. The molecule has 0 amide bonds. The van der Waals surface area contributed by atoms with Crippen molar-refractivity contribution < 1.29 is 9.53 Å². The first-order chi connectivity index (χ1) is 11.7. The van der Waals surface area contributed by atoms with E-state index in [2.05, 4.69) is 20.5 Å². The molecule has 1 aromatic heterocycles. The van der Waals surface area contributed by atoms with E-state index in [1.165, 1.54) is 13.3 Å². The number of hydrogen-bond acceptors (Lipinski definition) is 6. The van der Waals surface area contributed by atoms with Crippen LogP contribution in [0.2, 0.25) is 0 Å². The number of carbonyl (C=O) groups is 1. The van der Waals surface area contributed by atoms with Gasteiger partial charge in [-0.1, -0.05) is 24.3 Å². The summed E-state index contributed by atoms with van der Waals surface area (Å²) in [7, 11) is 1.31. The molecular weight excluding hydrogens is 308 g/mol. The van der Waals surface area contributed by atoms with E-state index in [0.717, 1.165) is 0 Å². The van der Waals surface area contributed by atoms with Crippen molar-refractivity contribution in [3.63, 3.8) is 0 Å². The van der Waals surface area contributed by atoms with Crippen molar-refractivity contribution in [1.82, 2.24) is 9.97 Å². The van der Waals surface area contributed by atoms with E-state index in [1.807, 2.05) is 12.1 Å². The summed E-state index contributed by atoms with van der Waals surface area (Å²) in [6.07, 6.45) is 1.30. The third-order valence-electron chi connectivity index (χ3n) is 3.33. The largest absolute Gasteiger partial charge is 0.465 e. The molecular formula is C17H14N4O3. The average molecular weight is 322 g/mol. The van der Waals surface area contributed by atoms with Crippen molar-refractivity contribution in [1.29, 1.82) is 0 Å². The molecule has 1 heterocycles. The molecule has 0 saturated heterocycles. The number of para-hydroxylation sites is 3. The van der Waals surface area contributed by atoms with Crippen LogP contribution < -0.4 is 11.0 Å². The fraction of sp³-hybridized carbons (Fsp3) is 0.0588. The predicted molar refractivity (Wildman–Crippen MR) is 91.4 cm³/mol. The zero-order chi connectivity index (χ0) is 16.9. The molecule has 2 N–H and O–H groups in total. The Kier molecular flexibility index (Phi) is 4.33. The first kappa shape index (κ1) is 15.4. The lowest BCUT2D eigenvalue weighted by Gasteiger charge is -2.06. The number of methoxy groups -OCH3 is 1. The summed E-state index contributed by atoms with van der Waals surface area (Å²) in [5.74, 6) is -0.477. The molecule has 0 fully saturated rings. The SMILES string of the molecule is COC(=O)c1ccccc1N/N=C/c1nc2ccccc2[nH]c1=O. The summed E-state index contributed by atoms with van der Waals surface area (Å²) in [6, 6.07) is 14.0. The molecule has 3 aromatic rings. The van der Waals surface area contributed by atoms with Gasteiger partial charge in [-0.05, 0) is 24.3 Å². The Morgan fingerprint density at radius 2 is 1.96 bits per heavy atom. The van der Waals surface area contributed by atoms with E-state index in [4.69, 9.17) is 4.74 Å². The molecule has 0 saturated carbocycles. The van der Waals surface area contributed by atoms with Crippen molar-refractivity contribution in [2.45, 2.75) is 0 Å². The number of aromatic nitrogens is 2. The zero-order valence-corrected chi connectivity index (χ0v) is 12.8. The highest BCUT2D eigenvalue weighted by molar-refractivity contribution is 5.95. The number of nitrogens with zero attached hydrogens (tertiary/aromatic N) is 2. The molecule has 0 aliphatic heterocycles. The quantitative estimate of drug-likeness (QED) is 0.436. The van der Waals surface area contributed by atoms with Gasteiger partial charge in [0.15, 0.2) is 0 Å². The van der Waals surface area contributed by atoms with Crippen LogP contribution in [0.5, 0.6) is 0 Å². The number of hydrogen-bond donors (Lipinski definition) is 2. The van der Waals surface area contributed by atoms with E-state index >= 15 is 0 Å². The second-order valence-electron chi connectivity index (χ2n) is 4.88. The Labute approximate surface area is 137 Å². The number of carbonyl (C=O) groups excluding carboxylic acids is 1. The van der Waals surface area contributed by atoms with Crippen LogP contribution in [0.3, 0.4) is 0 Å². The summed E-state index contributed by atoms with van der Waals surface area (Å²) in [5.41, 5.74) is 4.68. The maximum absolute atomic E-state index is 12.0. The minimum absolute atomic E-state index is 0.164. The second kappa shape index (κ2) is 6.74. The number of anilines is 1. The topological polar surface area (TPSA) is 96.4 Å². The summed E-state index contributed by atoms with van der Waals surface area (Å²) in [4.78, 5) is 30.7. The molecule has 0 aliphatic carbocycles. The van der Waals surface area contributed by atoms with Gasteiger partial charge < -0.3 is 9.72 Å². The van der Waals surface area contributed by atoms with E-state index in [-0.39, 0.29) is 11.3 Å². The fourth-order valence-electron chi connectivity index (χ4n) is 2.16. The number of H-pyrrole nitrogens is 1. The Hall–Kier alpha value is -3.48. The zero-order valence-electron chi connectivity index (χ0n) is 12.8. The summed E-state index contributed by atoms with van der Waals surface area (Å²) < 4.78 is 4.71. The van der Waals surface area contributed by atoms with Gasteiger partial charge in [-0.2, -0.15) is 5.10 Å². The number of aromatic amines is 1. The van der Waals surface area contributed by atoms with E-state index in [1.54, 1.807) is 36.4 Å². The van der Waals surface area contributed by atoms with Crippen LogP contribution in [0.15, 0.2) is 58.4 Å². The number of hydrazone groups is 1. The Morgan fingerprint density at radius 3 is 2.79 bits per heavy atom. The molecule has 3 rings (SSSR count). The standard InChI is InChI=1S/C17H14N4O3/c1-24-17(23)11-6-2-3-7-12(11)21-18-10-15-16(22)20-14-9-5-4-8-13(14)19-15/h2-10,21H,1H3,(H,20,22)/b18-10+. The van der Waals surface area contributed by atoms with Gasteiger partial charge in [-0.3, -0.25) is 10.2 Å². The maximum Gasteiger partial charge on any atom is 0.340 e. The van der Waals surface area contributed by atoms with E-state index in [0.29, 0.717) is 22.3 Å². The molecule has 7 heteroatoms. The highest BCUT2D eigenvalue weighted by atomic mass is 16.5. The van der Waals surface area contributed by atoms with Gasteiger partial charge in [-0.25, -0.2) is 9.78 Å². The Morgan fingerprint density at radius 1 is 1.21 bits per heavy atom. The molecule has 0 aliphatic rings. The average Bonchev–Trinajstić information content (AvgIpc) is 2.62. The van der Waals surface area contributed by atoms with Crippen molar-refractivity contribution >= 4 is 28.9 Å². The van der Waals surface area contributed by atoms with Crippen LogP contribution in [0, 0.1) is 0 Å². The first-order valence-electron chi connectivity index (χ1n) is 7.14.